The van der Waals surface area contributed by atoms with E-state index in [1.54, 1.807) is 7.11 Å². The van der Waals surface area contributed by atoms with Crippen molar-refractivity contribution in [3.05, 3.63) is 26.6 Å². The van der Waals surface area contributed by atoms with Crippen LogP contribution < -0.4 is 10.1 Å². The maximum absolute atomic E-state index is 5.44. The van der Waals surface area contributed by atoms with Crippen molar-refractivity contribution in [3.8, 4) is 5.75 Å². The first-order chi connectivity index (χ1) is 7.69. The summed E-state index contributed by atoms with van der Waals surface area (Å²) < 4.78 is 12.2. The van der Waals surface area contributed by atoms with Crippen molar-refractivity contribution in [1.82, 2.24) is 5.32 Å². The summed E-state index contributed by atoms with van der Waals surface area (Å²) in [5.41, 5.74) is 1.20. The van der Waals surface area contributed by atoms with Crippen LogP contribution in [0.2, 0.25) is 0 Å². The zero-order valence-electron chi connectivity index (χ0n) is 9.35. The molecule has 16 heavy (non-hydrogen) atoms. The third kappa shape index (κ3) is 4.05. The topological polar surface area (TPSA) is 30.5 Å². The van der Waals surface area contributed by atoms with Crippen molar-refractivity contribution in [2.45, 2.75) is 13.5 Å². The van der Waals surface area contributed by atoms with E-state index in [9.17, 15) is 0 Å². The quantitative estimate of drug-likeness (QED) is 0.797. The molecule has 0 fully saturated rings. The molecule has 1 N–H and O–H groups in total. The molecule has 0 spiro atoms. The summed E-state index contributed by atoms with van der Waals surface area (Å²) in [6.07, 6.45) is 0. The second-order valence-electron chi connectivity index (χ2n) is 3.22. The van der Waals surface area contributed by atoms with Crippen LogP contribution in [0.4, 0.5) is 0 Å². The molecule has 5 heteroatoms. The summed E-state index contributed by atoms with van der Waals surface area (Å²) in [6, 6.07) is 4.08. The van der Waals surface area contributed by atoms with Gasteiger partial charge in [0.2, 0.25) is 0 Å². The van der Waals surface area contributed by atoms with Crippen molar-refractivity contribution in [3.63, 3.8) is 0 Å². The van der Waals surface area contributed by atoms with E-state index >= 15 is 0 Å². The summed E-state index contributed by atoms with van der Waals surface area (Å²) in [5.74, 6) is 0.766. The minimum absolute atomic E-state index is 0.240. The van der Waals surface area contributed by atoms with Gasteiger partial charge < -0.3 is 14.8 Å². The summed E-state index contributed by atoms with van der Waals surface area (Å²) in [4.78, 5) is 0. The monoisotopic (exact) mass is 351 g/mol. The fourth-order valence-corrected chi connectivity index (χ4v) is 2.75. The second kappa shape index (κ2) is 7.27. The third-order valence-corrected chi connectivity index (χ3v) is 3.14. The molecular weight excluding hydrogens is 338 g/mol. The molecule has 1 aromatic rings. The Hall–Kier alpha value is -0.100. The molecule has 1 rings (SSSR count). The third-order valence-electron chi connectivity index (χ3n) is 1.96. The van der Waals surface area contributed by atoms with Crippen LogP contribution in [0.1, 0.15) is 12.5 Å². The average Bonchev–Trinajstić information content (AvgIpc) is 2.25. The Labute approximate surface area is 113 Å². The highest BCUT2D eigenvalue weighted by molar-refractivity contribution is 9.11. The summed E-state index contributed by atoms with van der Waals surface area (Å²) in [7, 11) is 1.60. The summed E-state index contributed by atoms with van der Waals surface area (Å²) in [5, 5.41) is 3.27. The van der Waals surface area contributed by atoms with Gasteiger partial charge in [-0.15, -0.1) is 0 Å². The zero-order valence-corrected chi connectivity index (χ0v) is 12.5. The average molecular weight is 353 g/mol. The van der Waals surface area contributed by atoms with E-state index in [4.69, 9.17) is 9.47 Å². The Bertz CT molecular complexity index is 322. The molecule has 0 saturated carbocycles. The number of hydrogen-bond donors (Lipinski definition) is 1. The van der Waals surface area contributed by atoms with E-state index in [0.29, 0.717) is 0 Å². The van der Waals surface area contributed by atoms with E-state index in [1.807, 2.05) is 12.1 Å². The Morgan fingerprint density at radius 3 is 2.38 bits per heavy atom. The number of methoxy groups -OCH3 is 1. The van der Waals surface area contributed by atoms with E-state index < -0.39 is 0 Å². The standard InChI is InChI=1S/C11H15Br2NO2/c1-3-14-6-8-4-9(12)11(10(13)5-8)16-7-15-2/h4-5,14H,3,6-7H2,1-2H3. The van der Waals surface area contributed by atoms with Gasteiger partial charge in [-0.1, -0.05) is 6.92 Å². The SMILES string of the molecule is CCNCc1cc(Br)c(OCOC)c(Br)c1. The van der Waals surface area contributed by atoms with Gasteiger partial charge in [0.05, 0.1) is 8.95 Å². The van der Waals surface area contributed by atoms with Gasteiger partial charge in [-0.3, -0.25) is 0 Å². The van der Waals surface area contributed by atoms with Crippen molar-refractivity contribution >= 4 is 31.9 Å². The van der Waals surface area contributed by atoms with Gasteiger partial charge in [0.1, 0.15) is 0 Å². The Balaban J connectivity index is 2.80. The molecule has 0 heterocycles. The van der Waals surface area contributed by atoms with Crippen LogP contribution in [0, 0.1) is 0 Å². The number of ether oxygens (including phenoxy) is 2. The fraction of sp³-hybridized carbons (Fsp3) is 0.455. The number of nitrogens with one attached hydrogen (secondary N) is 1. The molecule has 0 aliphatic rings. The van der Waals surface area contributed by atoms with Crippen LogP contribution in [0.15, 0.2) is 21.1 Å². The first-order valence-electron chi connectivity index (χ1n) is 4.99. The van der Waals surface area contributed by atoms with Crippen LogP contribution in [0.5, 0.6) is 5.75 Å². The Kier molecular flexibility index (Phi) is 6.34. The molecular formula is C11H15Br2NO2. The number of benzene rings is 1. The smallest absolute Gasteiger partial charge is 0.188 e. The van der Waals surface area contributed by atoms with Crippen LogP contribution in [-0.2, 0) is 11.3 Å². The lowest BCUT2D eigenvalue weighted by Crippen LogP contribution is -2.11. The van der Waals surface area contributed by atoms with E-state index in [2.05, 4.69) is 44.1 Å². The normalized spacial score (nSPS) is 10.5. The van der Waals surface area contributed by atoms with Gasteiger partial charge >= 0.3 is 0 Å². The van der Waals surface area contributed by atoms with Gasteiger partial charge in [0.15, 0.2) is 12.5 Å². The Morgan fingerprint density at radius 1 is 1.25 bits per heavy atom. The molecule has 90 valence electrons. The first kappa shape index (κ1) is 14.0. The molecule has 3 nitrogen and oxygen atoms in total. The molecule has 0 amide bonds. The van der Waals surface area contributed by atoms with Crippen LogP contribution in [0.25, 0.3) is 0 Å². The number of halogens is 2. The van der Waals surface area contributed by atoms with Crippen LogP contribution >= 0.6 is 31.9 Å². The first-order valence-corrected chi connectivity index (χ1v) is 6.58. The zero-order chi connectivity index (χ0) is 12.0. The van der Waals surface area contributed by atoms with Crippen molar-refractivity contribution in [1.29, 1.82) is 0 Å². The van der Waals surface area contributed by atoms with Crippen molar-refractivity contribution in [2.75, 3.05) is 20.4 Å². The summed E-state index contributed by atoms with van der Waals surface area (Å²) in [6.45, 7) is 4.12. The molecule has 0 aromatic heterocycles. The predicted octanol–water partition coefficient (Wildman–Crippen LogP) is 3.30. The lowest BCUT2D eigenvalue weighted by Gasteiger charge is -2.11. The van der Waals surface area contributed by atoms with Gasteiger partial charge in [-0.2, -0.15) is 0 Å². The maximum Gasteiger partial charge on any atom is 0.188 e. The summed E-state index contributed by atoms with van der Waals surface area (Å²) >= 11 is 6.96. The molecule has 0 saturated heterocycles. The van der Waals surface area contributed by atoms with Gasteiger partial charge in [-0.25, -0.2) is 0 Å². The molecule has 0 aliphatic heterocycles. The molecule has 0 radical (unpaired) electrons. The minimum Gasteiger partial charge on any atom is -0.465 e. The van der Waals surface area contributed by atoms with E-state index in [-0.39, 0.29) is 6.79 Å². The van der Waals surface area contributed by atoms with E-state index in [0.717, 1.165) is 27.8 Å². The molecule has 1 aromatic carbocycles. The van der Waals surface area contributed by atoms with E-state index in [1.165, 1.54) is 5.56 Å². The maximum atomic E-state index is 5.44. The number of hydrogen-bond acceptors (Lipinski definition) is 3. The lowest BCUT2D eigenvalue weighted by atomic mass is 10.2. The fourth-order valence-electron chi connectivity index (χ4n) is 1.24. The molecule has 0 aliphatic carbocycles. The number of rotatable bonds is 6. The van der Waals surface area contributed by atoms with Crippen LogP contribution in [0.3, 0.4) is 0 Å². The van der Waals surface area contributed by atoms with Crippen molar-refractivity contribution < 1.29 is 9.47 Å². The highest BCUT2D eigenvalue weighted by Crippen LogP contribution is 2.34. The van der Waals surface area contributed by atoms with Crippen LogP contribution in [-0.4, -0.2) is 20.4 Å². The second-order valence-corrected chi connectivity index (χ2v) is 4.93. The highest BCUT2D eigenvalue weighted by atomic mass is 79.9. The van der Waals surface area contributed by atoms with Crippen molar-refractivity contribution in [2.24, 2.45) is 0 Å². The van der Waals surface area contributed by atoms with Gasteiger partial charge in [0, 0.05) is 13.7 Å². The Morgan fingerprint density at radius 2 is 1.88 bits per heavy atom. The van der Waals surface area contributed by atoms with Gasteiger partial charge in [0.25, 0.3) is 0 Å². The highest BCUT2D eigenvalue weighted by Gasteiger charge is 2.08. The lowest BCUT2D eigenvalue weighted by molar-refractivity contribution is 0.0500. The predicted molar refractivity (Wildman–Crippen MR) is 71.7 cm³/mol. The largest absolute Gasteiger partial charge is 0.465 e. The molecule has 0 bridgehead atoms. The minimum atomic E-state index is 0.240. The molecule has 0 atom stereocenters. The van der Waals surface area contributed by atoms with Gasteiger partial charge in [-0.05, 0) is 56.1 Å². The molecule has 0 unspecified atom stereocenters.